The van der Waals surface area contributed by atoms with E-state index >= 15 is 0 Å². The van der Waals surface area contributed by atoms with Crippen LogP contribution in [-0.4, -0.2) is 32.8 Å². The molecule has 1 aliphatic rings. The Morgan fingerprint density at radius 1 is 1.19 bits per heavy atom. The second-order valence-corrected chi connectivity index (χ2v) is 6.58. The maximum atomic E-state index is 13.7. The van der Waals surface area contributed by atoms with Crippen LogP contribution in [0.15, 0.2) is 30.3 Å². The predicted octanol–water partition coefficient (Wildman–Crippen LogP) is 3.55. The molecule has 5 nitrogen and oxygen atoms in total. The van der Waals surface area contributed by atoms with Crippen molar-refractivity contribution in [3.05, 3.63) is 52.3 Å². The molecule has 27 heavy (non-hydrogen) atoms. The number of halogens is 2. The van der Waals surface area contributed by atoms with E-state index in [0.29, 0.717) is 49.1 Å². The van der Waals surface area contributed by atoms with Gasteiger partial charge in [0.05, 0.1) is 12.1 Å². The fourth-order valence-electron chi connectivity index (χ4n) is 2.87. The van der Waals surface area contributed by atoms with Crippen molar-refractivity contribution in [2.75, 3.05) is 26.9 Å². The number of benzene rings is 2. The van der Waals surface area contributed by atoms with Gasteiger partial charge in [0, 0.05) is 13.0 Å². The molecule has 1 N–H and O–H groups in total. The van der Waals surface area contributed by atoms with Gasteiger partial charge in [0.1, 0.15) is 13.2 Å². The van der Waals surface area contributed by atoms with Crippen molar-refractivity contribution in [2.45, 2.75) is 19.3 Å². The van der Waals surface area contributed by atoms with Crippen LogP contribution in [0.25, 0.3) is 0 Å². The molecule has 0 saturated heterocycles. The first-order valence-corrected chi connectivity index (χ1v) is 9.11. The summed E-state index contributed by atoms with van der Waals surface area (Å²) in [6.07, 6.45) is 1.37. The summed E-state index contributed by atoms with van der Waals surface area (Å²) in [7, 11) is 1.42. The zero-order valence-corrected chi connectivity index (χ0v) is 15.8. The number of amides is 1. The van der Waals surface area contributed by atoms with Crippen molar-refractivity contribution in [3.8, 4) is 17.2 Å². The lowest BCUT2D eigenvalue weighted by molar-refractivity contribution is -0.121. The Labute approximate surface area is 162 Å². The van der Waals surface area contributed by atoms with Gasteiger partial charge in [-0.2, -0.15) is 0 Å². The molecule has 7 heteroatoms. The molecular formula is C20H21ClFNO4. The van der Waals surface area contributed by atoms with Crippen molar-refractivity contribution in [3.63, 3.8) is 0 Å². The van der Waals surface area contributed by atoms with Crippen LogP contribution in [0.1, 0.15) is 17.5 Å². The van der Waals surface area contributed by atoms with Gasteiger partial charge in [0.25, 0.3) is 0 Å². The van der Waals surface area contributed by atoms with Crippen LogP contribution in [0, 0.1) is 5.82 Å². The molecule has 2 aromatic carbocycles. The van der Waals surface area contributed by atoms with Crippen LogP contribution in [0.2, 0.25) is 5.02 Å². The number of carbonyl (C=O) groups excluding carboxylic acids is 1. The Balaban J connectivity index is 1.46. The molecule has 0 atom stereocenters. The van der Waals surface area contributed by atoms with Crippen molar-refractivity contribution >= 4 is 17.5 Å². The lowest BCUT2D eigenvalue weighted by atomic mass is 10.1. The SMILES string of the molecule is COc1ccc(CCC(=O)NCCc2cc(Cl)c3c(c2)OCCO3)cc1F. The largest absolute Gasteiger partial charge is 0.494 e. The molecule has 0 fully saturated rings. The summed E-state index contributed by atoms with van der Waals surface area (Å²) in [4.78, 5) is 12.0. The molecule has 0 spiro atoms. The fourth-order valence-corrected chi connectivity index (χ4v) is 3.15. The van der Waals surface area contributed by atoms with Gasteiger partial charge in [0.2, 0.25) is 5.91 Å². The molecule has 1 aliphatic heterocycles. The van der Waals surface area contributed by atoms with Crippen LogP contribution < -0.4 is 19.5 Å². The maximum absolute atomic E-state index is 13.7. The van der Waals surface area contributed by atoms with Crippen molar-refractivity contribution in [2.24, 2.45) is 0 Å². The molecule has 0 unspecified atom stereocenters. The van der Waals surface area contributed by atoms with Crippen LogP contribution in [0.3, 0.4) is 0 Å². The number of fused-ring (bicyclic) bond motifs is 1. The number of aryl methyl sites for hydroxylation is 1. The van der Waals surface area contributed by atoms with Gasteiger partial charge in [-0.1, -0.05) is 17.7 Å². The number of rotatable bonds is 7. The van der Waals surface area contributed by atoms with E-state index in [-0.39, 0.29) is 18.1 Å². The highest BCUT2D eigenvalue weighted by Gasteiger charge is 2.16. The van der Waals surface area contributed by atoms with E-state index in [1.54, 1.807) is 12.1 Å². The normalized spacial score (nSPS) is 12.6. The highest BCUT2D eigenvalue weighted by atomic mass is 35.5. The first-order chi connectivity index (χ1) is 13.1. The topological polar surface area (TPSA) is 56.8 Å². The molecule has 3 rings (SSSR count). The summed E-state index contributed by atoms with van der Waals surface area (Å²) in [5.74, 6) is 0.890. The first-order valence-electron chi connectivity index (χ1n) is 8.74. The summed E-state index contributed by atoms with van der Waals surface area (Å²) >= 11 is 6.21. The van der Waals surface area contributed by atoms with Gasteiger partial charge in [-0.15, -0.1) is 0 Å². The average Bonchev–Trinajstić information content (AvgIpc) is 2.66. The Morgan fingerprint density at radius 3 is 2.78 bits per heavy atom. The molecule has 0 radical (unpaired) electrons. The summed E-state index contributed by atoms with van der Waals surface area (Å²) in [5, 5.41) is 3.37. The zero-order chi connectivity index (χ0) is 19.2. The first kappa shape index (κ1) is 19.3. The fraction of sp³-hybridized carbons (Fsp3) is 0.350. The van der Waals surface area contributed by atoms with E-state index in [0.717, 1.165) is 11.1 Å². The van der Waals surface area contributed by atoms with E-state index in [1.807, 2.05) is 12.1 Å². The van der Waals surface area contributed by atoms with Crippen molar-refractivity contribution in [1.29, 1.82) is 0 Å². The number of hydrogen-bond acceptors (Lipinski definition) is 4. The molecule has 0 bridgehead atoms. The lowest BCUT2D eigenvalue weighted by Crippen LogP contribution is -2.26. The highest BCUT2D eigenvalue weighted by molar-refractivity contribution is 6.32. The Bertz CT molecular complexity index is 828. The summed E-state index contributed by atoms with van der Waals surface area (Å²) < 4.78 is 29.6. The third-order valence-corrected chi connectivity index (χ3v) is 4.53. The summed E-state index contributed by atoms with van der Waals surface area (Å²) in [5.41, 5.74) is 1.71. The van der Waals surface area contributed by atoms with Gasteiger partial charge < -0.3 is 19.5 Å². The number of ether oxygens (including phenoxy) is 3. The van der Waals surface area contributed by atoms with Gasteiger partial charge in [-0.3, -0.25) is 4.79 Å². The van der Waals surface area contributed by atoms with E-state index in [4.69, 9.17) is 25.8 Å². The molecule has 1 amide bonds. The Morgan fingerprint density at radius 2 is 2.00 bits per heavy atom. The zero-order valence-electron chi connectivity index (χ0n) is 15.0. The molecule has 1 heterocycles. The smallest absolute Gasteiger partial charge is 0.220 e. The third kappa shape index (κ3) is 5.04. The molecule has 0 aliphatic carbocycles. The third-order valence-electron chi connectivity index (χ3n) is 4.25. The van der Waals surface area contributed by atoms with Gasteiger partial charge in [-0.05, 0) is 48.2 Å². The minimum absolute atomic E-state index is 0.0881. The number of hydrogen-bond donors (Lipinski definition) is 1. The molecule has 0 aromatic heterocycles. The Hall–Kier alpha value is -2.47. The minimum Gasteiger partial charge on any atom is -0.494 e. The number of carbonyl (C=O) groups is 1. The van der Waals surface area contributed by atoms with Crippen molar-refractivity contribution in [1.82, 2.24) is 5.32 Å². The Kier molecular flexibility index (Phi) is 6.40. The molecule has 2 aromatic rings. The quantitative estimate of drug-likeness (QED) is 0.781. The van der Waals surface area contributed by atoms with Gasteiger partial charge in [0.15, 0.2) is 23.1 Å². The summed E-state index contributed by atoms with van der Waals surface area (Å²) in [6, 6.07) is 8.41. The second kappa shape index (κ2) is 8.95. The van der Waals surface area contributed by atoms with Crippen LogP contribution in [0.4, 0.5) is 4.39 Å². The van der Waals surface area contributed by atoms with Gasteiger partial charge >= 0.3 is 0 Å². The molecule has 0 saturated carbocycles. The van der Waals surface area contributed by atoms with Crippen LogP contribution in [-0.2, 0) is 17.6 Å². The van der Waals surface area contributed by atoms with E-state index in [2.05, 4.69) is 5.32 Å². The second-order valence-electron chi connectivity index (χ2n) is 6.17. The maximum Gasteiger partial charge on any atom is 0.220 e. The van der Waals surface area contributed by atoms with E-state index in [1.165, 1.54) is 13.2 Å². The van der Waals surface area contributed by atoms with E-state index < -0.39 is 5.82 Å². The monoisotopic (exact) mass is 393 g/mol. The summed E-state index contributed by atoms with van der Waals surface area (Å²) in [6.45, 7) is 1.46. The highest BCUT2D eigenvalue weighted by Crippen LogP contribution is 2.38. The lowest BCUT2D eigenvalue weighted by Gasteiger charge is -2.20. The predicted molar refractivity (Wildman–Crippen MR) is 100 cm³/mol. The molecular weight excluding hydrogens is 373 g/mol. The van der Waals surface area contributed by atoms with E-state index in [9.17, 15) is 9.18 Å². The standard InChI is InChI=1S/C20H21ClFNO4/c1-25-17-4-2-13(11-16(17)22)3-5-19(24)23-7-6-14-10-15(21)20-18(12-14)26-8-9-27-20/h2,4,10-12H,3,5-9H2,1H3,(H,23,24). The molecule has 144 valence electrons. The van der Waals surface area contributed by atoms with Crippen molar-refractivity contribution < 1.29 is 23.4 Å². The number of nitrogens with one attached hydrogen (secondary N) is 1. The minimum atomic E-state index is -0.425. The number of methoxy groups -OCH3 is 1. The van der Waals surface area contributed by atoms with Crippen LogP contribution in [0.5, 0.6) is 17.2 Å². The van der Waals surface area contributed by atoms with Crippen LogP contribution >= 0.6 is 11.6 Å². The van der Waals surface area contributed by atoms with Gasteiger partial charge in [-0.25, -0.2) is 4.39 Å². The average molecular weight is 394 g/mol.